The van der Waals surface area contributed by atoms with Gasteiger partial charge in [0.2, 0.25) is 0 Å². The second-order valence-corrected chi connectivity index (χ2v) is 4.70. The smallest absolute Gasteiger partial charge is 0.113 e. The van der Waals surface area contributed by atoms with Crippen molar-refractivity contribution >= 4 is 0 Å². The zero-order chi connectivity index (χ0) is 9.80. The third kappa shape index (κ3) is 2.29. The third-order valence-electron chi connectivity index (χ3n) is 3.59. The van der Waals surface area contributed by atoms with E-state index in [4.69, 9.17) is 4.74 Å². The van der Waals surface area contributed by atoms with Gasteiger partial charge in [-0.05, 0) is 31.6 Å². The molecular weight excluding hydrogens is 174 g/mol. The minimum absolute atomic E-state index is 0.476. The van der Waals surface area contributed by atoms with Gasteiger partial charge >= 0.3 is 0 Å². The van der Waals surface area contributed by atoms with E-state index < -0.39 is 0 Å². The monoisotopic (exact) mass is 197 g/mol. The van der Waals surface area contributed by atoms with Crippen LogP contribution in [0.5, 0.6) is 0 Å². The maximum atomic E-state index is 5.92. The summed E-state index contributed by atoms with van der Waals surface area (Å²) in [6.45, 7) is 5.81. The van der Waals surface area contributed by atoms with Crippen molar-refractivity contribution in [3.05, 3.63) is 0 Å². The summed E-state index contributed by atoms with van der Waals surface area (Å²) < 4.78 is 5.92. The molecule has 0 bridgehead atoms. The molecule has 2 saturated heterocycles. The average molecular weight is 197 g/mol. The second kappa shape index (κ2) is 5.13. The summed E-state index contributed by atoms with van der Waals surface area (Å²) in [5.41, 5.74) is 0. The summed E-state index contributed by atoms with van der Waals surface area (Å²) in [5.74, 6) is 0.823. The second-order valence-electron chi connectivity index (χ2n) is 4.70. The molecular formula is C12H23NO. The van der Waals surface area contributed by atoms with Crippen LogP contribution in [-0.4, -0.2) is 30.8 Å². The van der Waals surface area contributed by atoms with Crippen LogP contribution in [0, 0.1) is 5.92 Å². The molecule has 0 aliphatic carbocycles. The van der Waals surface area contributed by atoms with Crippen molar-refractivity contribution in [3.8, 4) is 0 Å². The van der Waals surface area contributed by atoms with Gasteiger partial charge in [0.25, 0.3) is 0 Å². The van der Waals surface area contributed by atoms with Crippen molar-refractivity contribution in [2.45, 2.75) is 51.7 Å². The quantitative estimate of drug-likeness (QED) is 0.689. The van der Waals surface area contributed by atoms with Crippen LogP contribution in [0.4, 0.5) is 0 Å². The van der Waals surface area contributed by atoms with Crippen LogP contribution >= 0.6 is 0 Å². The van der Waals surface area contributed by atoms with Crippen LogP contribution in [-0.2, 0) is 4.74 Å². The van der Waals surface area contributed by atoms with Crippen molar-refractivity contribution in [1.29, 1.82) is 0 Å². The molecule has 2 rings (SSSR count). The average Bonchev–Trinajstić information content (AvgIpc) is 2.26. The summed E-state index contributed by atoms with van der Waals surface area (Å²) in [5, 5.41) is 0. The molecule has 2 nitrogen and oxygen atoms in total. The molecule has 2 fully saturated rings. The topological polar surface area (TPSA) is 12.5 Å². The maximum absolute atomic E-state index is 5.92. The Kier molecular flexibility index (Phi) is 3.82. The lowest BCUT2D eigenvalue weighted by molar-refractivity contribution is -0.144. The number of rotatable bonds is 3. The Morgan fingerprint density at radius 1 is 1.29 bits per heavy atom. The molecule has 0 aromatic carbocycles. The highest BCUT2D eigenvalue weighted by atomic mass is 16.5. The molecule has 0 N–H and O–H groups in total. The number of unbranched alkanes of at least 4 members (excludes halogenated alkanes) is 1. The molecule has 2 aliphatic rings. The number of piperidine rings is 1. The van der Waals surface area contributed by atoms with Gasteiger partial charge in [-0.2, -0.15) is 0 Å². The van der Waals surface area contributed by atoms with Crippen molar-refractivity contribution in [2.75, 3.05) is 19.7 Å². The van der Waals surface area contributed by atoms with E-state index in [9.17, 15) is 0 Å². The Bertz CT molecular complexity index is 170. The lowest BCUT2D eigenvalue weighted by Crippen LogP contribution is -2.50. The summed E-state index contributed by atoms with van der Waals surface area (Å²) >= 11 is 0. The van der Waals surface area contributed by atoms with Crippen molar-refractivity contribution in [2.24, 2.45) is 5.92 Å². The van der Waals surface area contributed by atoms with Crippen LogP contribution in [0.2, 0.25) is 0 Å². The van der Waals surface area contributed by atoms with E-state index in [0.29, 0.717) is 6.23 Å². The van der Waals surface area contributed by atoms with Gasteiger partial charge < -0.3 is 4.74 Å². The molecule has 2 heterocycles. The zero-order valence-corrected chi connectivity index (χ0v) is 9.37. The fourth-order valence-corrected chi connectivity index (χ4v) is 2.83. The molecule has 0 radical (unpaired) electrons. The van der Waals surface area contributed by atoms with E-state index in [2.05, 4.69) is 11.8 Å². The Hall–Kier alpha value is -0.0800. The molecule has 2 heteroatoms. The van der Waals surface area contributed by atoms with Crippen LogP contribution in [0.1, 0.15) is 45.4 Å². The predicted molar refractivity (Wildman–Crippen MR) is 58.2 cm³/mol. The number of nitrogens with zero attached hydrogens (tertiary/aromatic N) is 1. The van der Waals surface area contributed by atoms with E-state index in [1.165, 1.54) is 51.6 Å². The van der Waals surface area contributed by atoms with Crippen LogP contribution < -0.4 is 0 Å². The van der Waals surface area contributed by atoms with Crippen LogP contribution in [0.3, 0.4) is 0 Å². The van der Waals surface area contributed by atoms with Gasteiger partial charge in [0, 0.05) is 19.7 Å². The van der Waals surface area contributed by atoms with Gasteiger partial charge in [-0.15, -0.1) is 0 Å². The summed E-state index contributed by atoms with van der Waals surface area (Å²) in [7, 11) is 0. The Balaban J connectivity index is 1.88. The largest absolute Gasteiger partial charge is 0.363 e. The SMILES string of the molecule is CCCC[C@H]1CCCN2CCCO[C@H]12. The zero-order valence-electron chi connectivity index (χ0n) is 9.37. The van der Waals surface area contributed by atoms with Gasteiger partial charge in [-0.3, -0.25) is 4.90 Å². The minimum atomic E-state index is 0.476. The van der Waals surface area contributed by atoms with Gasteiger partial charge in [0.05, 0.1) is 0 Å². The summed E-state index contributed by atoms with van der Waals surface area (Å²) in [4.78, 5) is 2.56. The number of ether oxygens (including phenoxy) is 1. The lowest BCUT2D eigenvalue weighted by atomic mass is 9.90. The number of hydrogen-bond donors (Lipinski definition) is 0. The molecule has 0 spiro atoms. The van der Waals surface area contributed by atoms with E-state index in [1.807, 2.05) is 0 Å². The summed E-state index contributed by atoms with van der Waals surface area (Å²) in [6.07, 6.45) is 8.55. The molecule has 0 aromatic rings. The highest BCUT2D eigenvalue weighted by Gasteiger charge is 2.33. The first-order chi connectivity index (χ1) is 6.92. The van der Waals surface area contributed by atoms with E-state index in [0.717, 1.165) is 12.5 Å². The predicted octanol–water partition coefficient (Wildman–Crippen LogP) is 2.64. The molecule has 14 heavy (non-hydrogen) atoms. The molecule has 0 saturated carbocycles. The maximum Gasteiger partial charge on any atom is 0.113 e. The number of fused-ring (bicyclic) bond motifs is 1. The number of hydrogen-bond acceptors (Lipinski definition) is 2. The molecule has 2 atom stereocenters. The Labute approximate surface area is 87.6 Å². The summed E-state index contributed by atoms with van der Waals surface area (Å²) in [6, 6.07) is 0. The fraction of sp³-hybridized carbons (Fsp3) is 1.00. The third-order valence-corrected chi connectivity index (χ3v) is 3.59. The van der Waals surface area contributed by atoms with Crippen molar-refractivity contribution in [3.63, 3.8) is 0 Å². The van der Waals surface area contributed by atoms with Gasteiger partial charge in [0.1, 0.15) is 6.23 Å². The first-order valence-corrected chi connectivity index (χ1v) is 6.27. The Morgan fingerprint density at radius 2 is 2.14 bits per heavy atom. The highest BCUT2D eigenvalue weighted by molar-refractivity contribution is 4.80. The Morgan fingerprint density at radius 3 is 3.00 bits per heavy atom. The van der Waals surface area contributed by atoms with Crippen molar-refractivity contribution < 1.29 is 4.74 Å². The minimum Gasteiger partial charge on any atom is -0.363 e. The van der Waals surface area contributed by atoms with E-state index in [-0.39, 0.29) is 0 Å². The molecule has 0 unspecified atom stereocenters. The lowest BCUT2D eigenvalue weighted by Gasteiger charge is -2.44. The highest BCUT2D eigenvalue weighted by Crippen LogP contribution is 2.30. The first kappa shape index (κ1) is 10.4. The van der Waals surface area contributed by atoms with E-state index >= 15 is 0 Å². The van der Waals surface area contributed by atoms with Gasteiger partial charge in [-0.1, -0.05) is 19.8 Å². The first-order valence-electron chi connectivity index (χ1n) is 6.27. The molecule has 0 amide bonds. The fourth-order valence-electron chi connectivity index (χ4n) is 2.83. The van der Waals surface area contributed by atoms with Gasteiger partial charge in [0.15, 0.2) is 0 Å². The van der Waals surface area contributed by atoms with Crippen LogP contribution in [0.15, 0.2) is 0 Å². The van der Waals surface area contributed by atoms with Crippen LogP contribution in [0.25, 0.3) is 0 Å². The standard InChI is InChI=1S/C12H23NO/c1-2-3-6-11-7-4-8-13-9-5-10-14-12(11)13/h11-12H,2-10H2,1H3/t11-,12+/m0/s1. The molecule has 2 aliphatic heterocycles. The van der Waals surface area contributed by atoms with Crippen molar-refractivity contribution in [1.82, 2.24) is 4.90 Å². The van der Waals surface area contributed by atoms with Gasteiger partial charge in [-0.25, -0.2) is 0 Å². The van der Waals surface area contributed by atoms with E-state index in [1.54, 1.807) is 0 Å². The molecule has 82 valence electrons. The normalized spacial score (nSPS) is 34.1. The molecule has 0 aromatic heterocycles.